The Bertz CT molecular complexity index is 56.7. The van der Waals surface area contributed by atoms with E-state index >= 15 is 0 Å². The smallest absolute Gasteiger partial charge is 0.412 e. The molecule has 0 aromatic carbocycles. The number of phosphoric acid groups is 1. The summed E-state index contributed by atoms with van der Waals surface area (Å²) in [5.74, 6) is 0. The molecule has 0 aliphatic heterocycles. The van der Waals surface area contributed by atoms with Gasteiger partial charge in [0.1, 0.15) is 0 Å². The van der Waals surface area contributed by atoms with E-state index in [2.05, 4.69) is 0 Å². The van der Waals surface area contributed by atoms with E-state index in [-0.39, 0.29) is 66.4 Å². The molecule has 0 aromatic heterocycles. The Kier molecular flexibility index (Phi) is 727. The van der Waals surface area contributed by atoms with Crippen LogP contribution < -0.4 is 0 Å². The SMILES string of the molecule is O.O.O.O.O.O.O.O.O.O=P(O)(O)O.[Fe]. The van der Waals surface area contributed by atoms with Gasteiger partial charge in [-0.2, -0.15) is 0 Å². The van der Waals surface area contributed by atoms with E-state index in [1.165, 1.54) is 0 Å². The second-order valence-electron chi connectivity index (χ2n) is 0.513. The fourth-order valence-corrected chi connectivity index (χ4v) is 0. The molecule has 0 bridgehead atoms. The van der Waals surface area contributed by atoms with Crippen molar-refractivity contribution in [2.75, 3.05) is 0 Å². The van der Waals surface area contributed by atoms with Gasteiger partial charge in [-0.3, -0.25) is 0 Å². The van der Waals surface area contributed by atoms with Gasteiger partial charge < -0.3 is 64.0 Å². The molecule has 0 saturated heterocycles. The Hall–Kier alpha value is 0.269. The van der Waals surface area contributed by atoms with Crippen molar-refractivity contribution >= 4 is 7.82 Å². The fraction of sp³-hybridized carbons (Fsp3) is 0. The Morgan fingerprint density at radius 1 is 0.533 bits per heavy atom. The summed E-state index contributed by atoms with van der Waals surface area (Å²) in [6.45, 7) is 0. The summed E-state index contributed by atoms with van der Waals surface area (Å²) in [5, 5.41) is 0. The molecule has 0 rings (SSSR count). The van der Waals surface area contributed by atoms with E-state index in [1.807, 2.05) is 0 Å². The second-order valence-corrected chi connectivity index (χ2v) is 1.54. The zero-order valence-electron chi connectivity index (χ0n) is 7.05. The molecule has 0 spiro atoms. The molecule has 15 heteroatoms. The van der Waals surface area contributed by atoms with Gasteiger partial charge in [0.25, 0.3) is 0 Å². The largest absolute Gasteiger partial charge is 0.466 e. The molecular weight excluding hydrogens is 295 g/mol. The first kappa shape index (κ1) is 171. The third-order valence-electron chi connectivity index (χ3n) is 0. The maximum absolute atomic E-state index is 8.88. The van der Waals surface area contributed by atoms with E-state index in [9.17, 15) is 0 Å². The van der Waals surface area contributed by atoms with Gasteiger partial charge in [-0.05, 0) is 0 Å². The van der Waals surface area contributed by atoms with E-state index in [4.69, 9.17) is 19.2 Å². The van der Waals surface area contributed by atoms with Crippen molar-refractivity contribution in [1.82, 2.24) is 0 Å². The van der Waals surface area contributed by atoms with Gasteiger partial charge in [-0.1, -0.05) is 0 Å². The molecule has 0 amide bonds. The minimum atomic E-state index is -4.64. The Morgan fingerprint density at radius 3 is 0.533 bits per heavy atom. The third-order valence-corrected chi connectivity index (χ3v) is 0. The van der Waals surface area contributed by atoms with Crippen LogP contribution in [0.25, 0.3) is 0 Å². The molecule has 0 atom stereocenters. The first-order valence-corrected chi connectivity index (χ1v) is 2.35. The van der Waals surface area contributed by atoms with Crippen LogP contribution >= 0.6 is 7.82 Å². The molecule has 0 aliphatic carbocycles. The zero-order valence-corrected chi connectivity index (χ0v) is 9.05. The Balaban J connectivity index is -0.00000000178. The Labute approximate surface area is 94.2 Å². The summed E-state index contributed by atoms with van der Waals surface area (Å²) in [4.78, 5) is 21.6. The van der Waals surface area contributed by atoms with E-state index < -0.39 is 7.82 Å². The summed E-state index contributed by atoms with van der Waals surface area (Å²) in [5.41, 5.74) is 0. The van der Waals surface area contributed by atoms with Gasteiger partial charge in [0.15, 0.2) is 0 Å². The van der Waals surface area contributed by atoms with E-state index in [0.29, 0.717) is 0 Å². The summed E-state index contributed by atoms with van der Waals surface area (Å²) < 4.78 is 8.88. The number of hydrogen-bond acceptors (Lipinski definition) is 1. The molecule has 0 saturated carbocycles. The van der Waals surface area contributed by atoms with Crippen LogP contribution in [0.4, 0.5) is 0 Å². The van der Waals surface area contributed by atoms with Crippen molar-refractivity contribution < 1.29 is 85.6 Å². The van der Waals surface area contributed by atoms with Gasteiger partial charge in [0, 0.05) is 17.1 Å². The van der Waals surface area contributed by atoms with Crippen LogP contribution in [0.2, 0.25) is 0 Å². The summed E-state index contributed by atoms with van der Waals surface area (Å²) in [6.07, 6.45) is 0. The van der Waals surface area contributed by atoms with Crippen molar-refractivity contribution in [3.8, 4) is 0 Å². The van der Waals surface area contributed by atoms with Gasteiger partial charge in [-0.15, -0.1) is 0 Å². The average Bonchev–Trinajstić information content (AvgIpc) is 0.722. The van der Waals surface area contributed by atoms with Crippen LogP contribution in [-0.4, -0.2) is 64.0 Å². The van der Waals surface area contributed by atoms with Crippen molar-refractivity contribution in [3.63, 3.8) is 0 Å². The monoisotopic (exact) mass is 316 g/mol. The minimum Gasteiger partial charge on any atom is -0.412 e. The van der Waals surface area contributed by atoms with Crippen molar-refractivity contribution in [2.45, 2.75) is 0 Å². The van der Waals surface area contributed by atoms with Crippen LogP contribution in [0, 0.1) is 0 Å². The summed E-state index contributed by atoms with van der Waals surface area (Å²) >= 11 is 0. The molecule has 15 heavy (non-hydrogen) atoms. The molecule has 0 aliphatic rings. The maximum Gasteiger partial charge on any atom is 0.466 e. The van der Waals surface area contributed by atoms with Crippen LogP contribution in [-0.2, 0) is 21.6 Å². The van der Waals surface area contributed by atoms with Gasteiger partial charge in [-0.25, -0.2) is 4.57 Å². The van der Waals surface area contributed by atoms with E-state index in [1.54, 1.807) is 0 Å². The topological polar surface area (TPSA) is 361 Å². The van der Waals surface area contributed by atoms with Gasteiger partial charge in [0.05, 0.1) is 0 Å². The number of rotatable bonds is 0. The number of hydrogen-bond donors (Lipinski definition) is 3. The first-order chi connectivity index (χ1) is 2.00. The maximum atomic E-state index is 8.88. The predicted molar refractivity (Wildman–Crippen MR) is 46.8 cm³/mol. The minimum absolute atomic E-state index is 0. The first-order valence-electron chi connectivity index (χ1n) is 0.783. The quantitative estimate of drug-likeness (QED) is 0.289. The molecule has 21 N–H and O–H groups in total. The summed E-state index contributed by atoms with van der Waals surface area (Å²) in [7, 11) is -4.64. The second kappa shape index (κ2) is 63.9. The molecule has 0 heterocycles. The molecule has 0 radical (unpaired) electrons. The third kappa shape index (κ3) is 29600. The fourth-order valence-electron chi connectivity index (χ4n) is 0. The van der Waals surface area contributed by atoms with Crippen LogP contribution in [0.1, 0.15) is 0 Å². The molecule has 112 valence electrons. The molecule has 0 unspecified atom stereocenters. The van der Waals surface area contributed by atoms with E-state index in [0.717, 1.165) is 0 Å². The molecule has 0 aromatic rings. The van der Waals surface area contributed by atoms with Crippen molar-refractivity contribution in [3.05, 3.63) is 0 Å². The van der Waals surface area contributed by atoms with Crippen LogP contribution in [0.3, 0.4) is 0 Å². The van der Waals surface area contributed by atoms with Gasteiger partial charge >= 0.3 is 7.82 Å². The zero-order chi connectivity index (χ0) is 4.50. The molecular formula is H21FeO13P. The van der Waals surface area contributed by atoms with Crippen LogP contribution in [0.5, 0.6) is 0 Å². The normalized spacial score (nSPS) is 3.93. The van der Waals surface area contributed by atoms with Gasteiger partial charge in [0.2, 0.25) is 0 Å². The van der Waals surface area contributed by atoms with Crippen LogP contribution in [0.15, 0.2) is 0 Å². The van der Waals surface area contributed by atoms with Crippen molar-refractivity contribution in [1.29, 1.82) is 0 Å². The van der Waals surface area contributed by atoms with Crippen molar-refractivity contribution in [2.24, 2.45) is 0 Å². The standard InChI is InChI=1S/Fe.H3O4P.9H2O/c;1-5(2,3)4;;;;;;;;;/h;(H3,1,2,3,4);9*1H2. The molecule has 13 nitrogen and oxygen atoms in total. The summed E-state index contributed by atoms with van der Waals surface area (Å²) in [6, 6.07) is 0. The average molecular weight is 316 g/mol. The molecule has 0 fully saturated rings. The Morgan fingerprint density at radius 2 is 0.533 bits per heavy atom. The predicted octanol–water partition coefficient (Wildman–Crippen LogP) is -8.35.